The van der Waals surface area contributed by atoms with Crippen molar-refractivity contribution in [3.8, 4) is 17.2 Å². The van der Waals surface area contributed by atoms with Crippen LogP contribution in [-0.4, -0.2) is 25.5 Å². The standard InChI is InChI=1S/C18H15F3N2O4/c1-2-25-14-8-16-15(26-10-27-16)7-12(14)9-22-23-17(24)11-4-3-5-13(6-11)18(19,20)21/h3-9H,2,10H2,1H3,(H,23,24)/b22-9-. The van der Waals surface area contributed by atoms with E-state index in [1.165, 1.54) is 12.3 Å². The zero-order chi connectivity index (χ0) is 19.4. The number of rotatable bonds is 5. The molecule has 0 atom stereocenters. The van der Waals surface area contributed by atoms with E-state index in [4.69, 9.17) is 14.2 Å². The van der Waals surface area contributed by atoms with Crippen molar-refractivity contribution in [3.63, 3.8) is 0 Å². The number of nitrogens with one attached hydrogen (secondary N) is 1. The van der Waals surface area contributed by atoms with Gasteiger partial charge in [0.1, 0.15) is 5.75 Å². The van der Waals surface area contributed by atoms with E-state index >= 15 is 0 Å². The highest BCUT2D eigenvalue weighted by Crippen LogP contribution is 2.37. The minimum atomic E-state index is -4.53. The first-order chi connectivity index (χ1) is 12.9. The molecule has 0 saturated carbocycles. The van der Waals surface area contributed by atoms with Gasteiger partial charge in [0, 0.05) is 17.2 Å². The molecule has 0 aliphatic carbocycles. The molecule has 0 spiro atoms. The van der Waals surface area contributed by atoms with Crippen molar-refractivity contribution >= 4 is 12.1 Å². The highest BCUT2D eigenvalue weighted by atomic mass is 19.4. The van der Waals surface area contributed by atoms with Gasteiger partial charge in [-0.15, -0.1) is 0 Å². The van der Waals surface area contributed by atoms with E-state index in [1.807, 2.05) is 0 Å². The van der Waals surface area contributed by atoms with Crippen LogP contribution in [0.4, 0.5) is 13.2 Å². The summed E-state index contributed by atoms with van der Waals surface area (Å²) in [5.74, 6) is 0.739. The Balaban J connectivity index is 1.75. The number of hydrazone groups is 1. The van der Waals surface area contributed by atoms with E-state index in [1.54, 1.807) is 19.1 Å². The molecule has 27 heavy (non-hydrogen) atoms. The maximum Gasteiger partial charge on any atom is 0.416 e. The first kappa shape index (κ1) is 18.6. The number of alkyl halides is 3. The number of carbonyl (C=O) groups is 1. The normalized spacial score (nSPS) is 13.0. The van der Waals surface area contributed by atoms with Crippen LogP contribution in [0.5, 0.6) is 17.2 Å². The summed E-state index contributed by atoms with van der Waals surface area (Å²) in [5.41, 5.74) is 1.65. The highest BCUT2D eigenvalue weighted by molar-refractivity contribution is 5.95. The molecule has 2 aromatic carbocycles. The van der Waals surface area contributed by atoms with Gasteiger partial charge in [-0.1, -0.05) is 6.07 Å². The summed E-state index contributed by atoms with van der Waals surface area (Å²) in [7, 11) is 0. The van der Waals surface area contributed by atoms with E-state index in [0.29, 0.717) is 29.4 Å². The SMILES string of the molecule is CCOc1cc2c(cc1/C=N\NC(=O)c1cccc(C(F)(F)F)c1)OCO2. The van der Waals surface area contributed by atoms with Crippen LogP contribution < -0.4 is 19.6 Å². The molecule has 0 fully saturated rings. The molecule has 6 nitrogen and oxygen atoms in total. The fourth-order valence-electron chi connectivity index (χ4n) is 2.38. The number of hydrogen-bond acceptors (Lipinski definition) is 5. The van der Waals surface area contributed by atoms with Gasteiger partial charge in [0.2, 0.25) is 6.79 Å². The van der Waals surface area contributed by atoms with Crippen LogP contribution in [0.1, 0.15) is 28.4 Å². The molecule has 0 radical (unpaired) electrons. The van der Waals surface area contributed by atoms with Gasteiger partial charge < -0.3 is 14.2 Å². The Morgan fingerprint density at radius 1 is 1.26 bits per heavy atom. The van der Waals surface area contributed by atoms with Gasteiger partial charge in [-0.25, -0.2) is 5.43 Å². The average molecular weight is 380 g/mol. The summed E-state index contributed by atoms with van der Waals surface area (Å²) in [6, 6.07) is 7.35. The molecular weight excluding hydrogens is 365 g/mol. The lowest BCUT2D eigenvalue weighted by Crippen LogP contribution is -2.18. The number of amides is 1. The maximum absolute atomic E-state index is 12.7. The van der Waals surface area contributed by atoms with Gasteiger partial charge in [0.15, 0.2) is 11.5 Å². The number of fused-ring (bicyclic) bond motifs is 1. The third-order valence-corrected chi connectivity index (χ3v) is 3.63. The van der Waals surface area contributed by atoms with Crippen LogP contribution in [0, 0.1) is 0 Å². The number of nitrogens with zero attached hydrogens (tertiary/aromatic N) is 1. The van der Waals surface area contributed by atoms with Crippen molar-refractivity contribution in [1.82, 2.24) is 5.43 Å². The van der Waals surface area contributed by atoms with Crippen molar-refractivity contribution < 1.29 is 32.2 Å². The summed E-state index contributed by atoms with van der Waals surface area (Å²) in [5, 5.41) is 3.80. The summed E-state index contributed by atoms with van der Waals surface area (Å²) < 4.78 is 54.2. The largest absolute Gasteiger partial charge is 0.493 e. The van der Waals surface area contributed by atoms with Crippen molar-refractivity contribution in [1.29, 1.82) is 0 Å². The number of hydrogen-bond donors (Lipinski definition) is 1. The predicted octanol–water partition coefficient (Wildman–Crippen LogP) is 3.60. The molecule has 142 valence electrons. The highest BCUT2D eigenvalue weighted by Gasteiger charge is 2.30. The Labute approximate surface area is 152 Å². The molecule has 3 rings (SSSR count). The monoisotopic (exact) mass is 380 g/mol. The molecule has 0 aromatic heterocycles. The van der Waals surface area contributed by atoms with E-state index < -0.39 is 17.6 Å². The fourth-order valence-corrected chi connectivity index (χ4v) is 2.38. The summed E-state index contributed by atoms with van der Waals surface area (Å²) in [6.45, 7) is 2.30. The number of benzene rings is 2. The molecule has 0 unspecified atom stereocenters. The lowest BCUT2D eigenvalue weighted by molar-refractivity contribution is -0.137. The van der Waals surface area contributed by atoms with Gasteiger partial charge in [0.25, 0.3) is 5.91 Å². The lowest BCUT2D eigenvalue weighted by Gasteiger charge is -2.09. The molecule has 2 aromatic rings. The molecular formula is C18H15F3N2O4. The van der Waals surface area contributed by atoms with E-state index in [0.717, 1.165) is 18.2 Å². The van der Waals surface area contributed by atoms with Crippen LogP contribution in [0.25, 0.3) is 0 Å². The summed E-state index contributed by atoms with van der Waals surface area (Å²) in [6.07, 6.45) is -3.21. The maximum atomic E-state index is 12.7. The van der Waals surface area contributed by atoms with Crippen molar-refractivity contribution in [3.05, 3.63) is 53.1 Å². The summed E-state index contributed by atoms with van der Waals surface area (Å²) >= 11 is 0. The minimum absolute atomic E-state index is 0.0910. The van der Waals surface area contributed by atoms with Gasteiger partial charge in [-0.05, 0) is 31.2 Å². The first-order valence-corrected chi connectivity index (χ1v) is 7.95. The van der Waals surface area contributed by atoms with Crippen molar-refractivity contribution in [2.24, 2.45) is 5.10 Å². The zero-order valence-electron chi connectivity index (χ0n) is 14.2. The second-order valence-electron chi connectivity index (χ2n) is 5.45. The molecule has 1 N–H and O–H groups in total. The van der Waals surface area contributed by atoms with E-state index in [-0.39, 0.29) is 12.4 Å². The second kappa shape index (κ2) is 7.56. The zero-order valence-corrected chi connectivity index (χ0v) is 14.2. The molecule has 1 aliphatic rings. The number of carbonyl (C=O) groups excluding carboxylic acids is 1. The Hall–Kier alpha value is -3.23. The Morgan fingerprint density at radius 2 is 2.00 bits per heavy atom. The van der Waals surface area contributed by atoms with Gasteiger partial charge in [-0.3, -0.25) is 4.79 Å². The Kier molecular flexibility index (Phi) is 5.20. The van der Waals surface area contributed by atoms with Crippen molar-refractivity contribution in [2.75, 3.05) is 13.4 Å². The first-order valence-electron chi connectivity index (χ1n) is 7.95. The molecule has 0 saturated heterocycles. The second-order valence-corrected chi connectivity index (χ2v) is 5.45. The van der Waals surface area contributed by atoms with Gasteiger partial charge in [-0.2, -0.15) is 18.3 Å². The van der Waals surface area contributed by atoms with Crippen LogP contribution in [0.2, 0.25) is 0 Å². The minimum Gasteiger partial charge on any atom is -0.493 e. The topological polar surface area (TPSA) is 69.2 Å². The van der Waals surface area contributed by atoms with Crippen LogP contribution >= 0.6 is 0 Å². The number of ether oxygens (including phenoxy) is 3. The molecule has 1 aliphatic heterocycles. The Bertz CT molecular complexity index is 881. The molecule has 9 heteroatoms. The van der Waals surface area contributed by atoms with Crippen LogP contribution in [-0.2, 0) is 6.18 Å². The van der Waals surface area contributed by atoms with Crippen LogP contribution in [0.15, 0.2) is 41.5 Å². The average Bonchev–Trinajstić information content (AvgIpc) is 3.08. The molecule has 1 heterocycles. The van der Waals surface area contributed by atoms with Crippen LogP contribution in [0.3, 0.4) is 0 Å². The van der Waals surface area contributed by atoms with Gasteiger partial charge in [0.05, 0.1) is 18.4 Å². The Morgan fingerprint density at radius 3 is 2.70 bits per heavy atom. The smallest absolute Gasteiger partial charge is 0.416 e. The quantitative estimate of drug-likeness (QED) is 0.636. The lowest BCUT2D eigenvalue weighted by atomic mass is 10.1. The van der Waals surface area contributed by atoms with Gasteiger partial charge >= 0.3 is 6.18 Å². The fraction of sp³-hybridized carbons (Fsp3) is 0.222. The molecule has 1 amide bonds. The van der Waals surface area contributed by atoms with E-state index in [2.05, 4.69) is 10.5 Å². The third-order valence-electron chi connectivity index (χ3n) is 3.63. The van der Waals surface area contributed by atoms with E-state index in [9.17, 15) is 18.0 Å². The summed E-state index contributed by atoms with van der Waals surface area (Å²) in [4.78, 5) is 12.0. The predicted molar refractivity (Wildman–Crippen MR) is 90.2 cm³/mol. The molecule has 0 bridgehead atoms. The van der Waals surface area contributed by atoms with Crippen molar-refractivity contribution in [2.45, 2.75) is 13.1 Å². The third kappa shape index (κ3) is 4.30. The number of halogens is 3.